The number of fused-ring (bicyclic) bond motifs is 1. The molecule has 2 aromatic carbocycles. The Morgan fingerprint density at radius 3 is 2.52 bits per heavy atom. The van der Waals surface area contributed by atoms with Gasteiger partial charge in [0.05, 0.1) is 6.07 Å². The van der Waals surface area contributed by atoms with Crippen LogP contribution in [-0.4, -0.2) is 39.0 Å². The van der Waals surface area contributed by atoms with E-state index >= 15 is 0 Å². The fourth-order valence-electron chi connectivity index (χ4n) is 7.44. The third kappa shape index (κ3) is 4.30. The molecular formula is C33H36N4O3. The lowest BCUT2D eigenvalue weighted by Gasteiger charge is -2.53. The highest BCUT2D eigenvalue weighted by Gasteiger charge is 2.52. The molecule has 4 fully saturated rings. The number of nitriles is 1. The average molecular weight is 537 g/mol. The van der Waals surface area contributed by atoms with Crippen LogP contribution in [0.2, 0.25) is 0 Å². The number of nitrogens with one attached hydrogen (secondary N) is 2. The van der Waals surface area contributed by atoms with E-state index in [1.807, 2.05) is 12.1 Å². The van der Waals surface area contributed by atoms with E-state index in [2.05, 4.69) is 58.7 Å². The van der Waals surface area contributed by atoms with Gasteiger partial charge < -0.3 is 15.4 Å². The minimum Gasteiger partial charge on any atom is -0.480 e. The van der Waals surface area contributed by atoms with E-state index < -0.39 is 11.5 Å². The molecule has 1 amide bonds. The standard InChI is InChI=1S/C33H36N4O3/c1-20-14-26(22-2-3-22)27(25-8-12-35-29(20)25)19-37-13-11-32(15-21(16-32)18-34)17-28(37)23-4-6-24(7-5-23)30(38)36-33(9-10-33)31(39)40/h4-8,12,14,21-22,28,35H,2-3,9-11,13,15-17,19H2,1H3,(H,36,38)(H,39,40). The Labute approximate surface area is 234 Å². The Bertz CT molecular complexity index is 1530. The Kier molecular flexibility index (Phi) is 5.83. The second-order valence-corrected chi connectivity index (χ2v) is 12.9. The van der Waals surface area contributed by atoms with Crippen LogP contribution in [0.5, 0.6) is 0 Å². The van der Waals surface area contributed by atoms with E-state index in [1.54, 1.807) is 0 Å². The van der Waals surface area contributed by atoms with Crippen LogP contribution in [-0.2, 0) is 11.3 Å². The van der Waals surface area contributed by atoms with Crippen molar-refractivity contribution in [3.05, 3.63) is 70.4 Å². The van der Waals surface area contributed by atoms with Gasteiger partial charge in [-0.05, 0) is 117 Å². The van der Waals surface area contributed by atoms with Crippen LogP contribution >= 0.6 is 0 Å². The first-order valence-electron chi connectivity index (χ1n) is 14.7. The van der Waals surface area contributed by atoms with Gasteiger partial charge in [0, 0.05) is 41.2 Å². The van der Waals surface area contributed by atoms with Crippen LogP contribution in [0, 0.1) is 29.6 Å². The number of rotatable bonds is 7. The molecule has 0 radical (unpaired) electrons. The largest absolute Gasteiger partial charge is 0.480 e. The minimum atomic E-state index is -1.10. The number of carbonyl (C=O) groups is 2. The Morgan fingerprint density at radius 1 is 1.12 bits per heavy atom. The maximum absolute atomic E-state index is 12.8. The van der Waals surface area contributed by atoms with Crippen molar-refractivity contribution >= 4 is 22.8 Å². The van der Waals surface area contributed by atoms with Gasteiger partial charge >= 0.3 is 5.97 Å². The van der Waals surface area contributed by atoms with Gasteiger partial charge in [-0.1, -0.05) is 18.2 Å². The first kappa shape index (κ1) is 25.3. The topological polar surface area (TPSA) is 109 Å². The van der Waals surface area contributed by atoms with Crippen molar-refractivity contribution in [3.63, 3.8) is 0 Å². The molecule has 1 atom stereocenters. The van der Waals surface area contributed by atoms with E-state index in [1.165, 1.54) is 46.0 Å². The second-order valence-electron chi connectivity index (χ2n) is 12.9. The predicted octanol–water partition coefficient (Wildman–Crippen LogP) is 5.96. The number of H-pyrrole nitrogens is 1. The van der Waals surface area contributed by atoms with E-state index in [4.69, 9.17) is 0 Å². The molecule has 206 valence electrons. The molecule has 7 heteroatoms. The number of nitrogens with zero attached hydrogens (tertiary/aromatic N) is 2. The van der Waals surface area contributed by atoms with Crippen LogP contribution in [0.25, 0.3) is 10.9 Å². The van der Waals surface area contributed by atoms with Crippen LogP contribution in [0.15, 0.2) is 42.6 Å². The van der Waals surface area contributed by atoms with Crippen LogP contribution < -0.4 is 5.32 Å². The molecule has 3 saturated carbocycles. The average Bonchev–Trinajstić information content (AvgIpc) is 3.87. The van der Waals surface area contributed by atoms with Crippen molar-refractivity contribution in [2.45, 2.75) is 82.3 Å². The SMILES string of the molecule is Cc1cc(C2CC2)c(CN2CCC3(CC(C#N)C3)CC2c2ccc(C(=O)NC3(C(=O)O)CC3)cc2)c2cc[nH]c12. The quantitative estimate of drug-likeness (QED) is 0.345. The molecule has 3 aromatic rings. The zero-order valence-electron chi connectivity index (χ0n) is 23.0. The molecule has 40 heavy (non-hydrogen) atoms. The summed E-state index contributed by atoms with van der Waals surface area (Å²) in [5.41, 5.74) is 6.26. The Morgan fingerprint density at radius 2 is 1.88 bits per heavy atom. The Balaban J connectivity index is 1.18. The highest BCUT2D eigenvalue weighted by molar-refractivity contribution is 5.99. The van der Waals surface area contributed by atoms with Crippen molar-refractivity contribution in [1.29, 1.82) is 5.26 Å². The van der Waals surface area contributed by atoms with Crippen LogP contribution in [0.4, 0.5) is 0 Å². The lowest BCUT2D eigenvalue weighted by Crippen LogP contribution is -2.48. The number of carbonyl (C=O) groups excluding carboxylic acids is 1. The molecule has 1 aliphatic heterocycles. The van der Waals surface area contributed by atoms with Crippen LogP contribution in [0.3, 0.4) is 0 Å². The van der Waals surface area contributed by atoms with Crippen molar-refractivity contribution in [2.75, 3.05) is 6.54 Å². The Hall–Kier alpha value is -3.63. The molecule has 1 spiro atoms. The molecule has 3 aliphatic carbocycles. The number of benzene rings is 2. The molecule has 7 rings (SSSR count). The molecule has 4 aliphatic rings. The van der Waals surface area contributed by atoms with Crippen molar-refractivity contribution in [2.24, 2.45) is 11.3 Å². The second kappa shape index (κ2) is 9.21. The number of carboxylic acid groups (broad SMARTS) is 1. The fraction of sp³-hybridized carbons (Fsp3) is 0.485. The first-order chi connectivity index (χ1) is 19.3. The van der Waals surface area contributed by atoms with Crippen molar-refractivity contribution < 1.29 is 14.7 Å². The number of aromatic amines is 1. The number of amides is 1. The van der Waals surface area contributed by atoms with Crippen LogP contribution in [0.1, 0.15) is 95.9 Å². The normalized spacial score (nSPS) is 27.2. The number of piperidine rings is 1. The number of carboxylic acids is 1. The van der Waals surface area contributed by atoms with Crippen molar-refractivity contribution in [1.82, 2.24) is 15.2 Å². The maximum Gasteiger partial charge on any atom is 0.329 e. The molecular weight excluding hydrogens is 500 g/mol. The van der Waals surface area contributed by atoms with Gasteiger partial charge in [-0.25, -0.2) is 4.79 Å². The summed E-state index contributed by atoms with van der Waals surface area (Å²) in [5.74, 6) is -0.470. The summed E-state index contributed by atoms with van der Waals surface area (Å²) in [6.45, 7) is 4.06. The summed E-state index contributed by atoms with van der Waals surface area (Å²) in [6, 6.07) is 15.1. The van der Waals surface area contributed by atoms with E-state index in [-0.39, 0.29) is 23.3 Å². The van der Waals surface area contributed by atoms with E-state index in [9.17, 15) is 20.0 Å². The van der Waals surface area contributed by atoms with E-state index in [0.717, 1.165) is 38.8 Å². The highest BCUT2D eigenvalue weighted by Crippen LogP contribution is 2.57. The van der Waals surface area contributed by atoms with Gasteiger partial charge in [-0.2, -0.15) is 5.26 Å². The number of likely N-dealkylation sites (tertiary alicyclic amines) is 1. The number of aromatic nitrogens is 1. The summed E-state index contributed by atoms with van der Waals surface area (Å²) in [7, 11) is 0. The summed E-state index contributed by atoms with van der Waals surface area (Å²) in [4.78, 5) is 30.5. The summed E-state index contributed by atoms with van der Waals surface area (Å²) >= 11 is 0. The summed E-state index contributed by atoms with van der Waals surface area (Å²) in [6.07, 6.45) is 9.61. The predicted molar refractivity (Wildman–Crippen MR) is 152 cm³/mol. The van der Waals surface area contributed by atoms with Crippen molar-refractivity contribution in [3.8, 4) is 6.07 Å². The number of aliphatic carboxylic acids is 1. The minimum absolute atomic E-state index is 0.167. The highest BCUT2D eigenvalue weighted by atomic mass is 16.4. The van der Waals surface area contributed by atoms with Gasteiger partial charge in [-0.15, -0.1) is 0 Å². The summed E-state index contributed by atoms with van der Waals surface area (Å²) in [5, 5.41) is 23.0. The number of hydrogen-bond donors (Lipinski definition) is 3. The molecule has 3 N–H and O–H groups in total. The lowest BCUT2D eigenvalue weighted by molar-refractivity contribution is -0.140. The molecule has 1 saturated heterocycles. The lowest BCUT2D eigenvalue weighted by atomic mass is 9.56. The number of aryl methyl sites for hydroxylation is 1. The molecule has 7 nitrogen and oxygen atoms in total. The zero-order valence-corrected chi connectivity index (χ0v) is 23.0. The molecule has 1 aromatic heterocycles. The smallest absolute Gasteiger partial charge is 0.329 e. The monoisotopic (exact) mass is 536 g/mol. The molecule has 1 unspecified atom stereocenters. The number of hydrogen-bond acceptors (Lipinski definition) is 4. The third-order valence-electron chi connectivity index (χ3n) is 10.2. The summed E-state index contributed by atoms with van der Waals surface area (Å²) < 4.78 is 0. The van der Waals surface area contributed by atoms with E-state index in [0.29, 0.717) is 24.3 Å². The fourth-order valence-corrected chi connectivity index (χ4v) is 7.44. The molecule has 0 bridgehead atoms. The van der Waals surface area contributed by atoms with Gasteiger partial charge in [-0.3, -0.25) is 9.69 Å². The van der Waals surface area contributed by atoms with Gasteiger partial charge in [0.2, 0.25) is 0 Å². The van der Waals surface area contributed by atoms with Gasteiger partial charge in [0.1, 0.15) is 5.54 Å². The molecule has 2 heterocycles. The maximum atomic E-state index is 12.8. The zero-order chi connectivity index (χ0) is 27.6. The third-order valence-corrected chi connectivity index (χ3v) is 10.2. The van der Waals surface area contributed by atoms with Gasteiger partial charge in [0.25, 0.3) is 5.91 Å². The first-order valence-corrected chi connectivity index (χ1v) is 14.7. The van der Waals surface area contributed by atoms with Gasteiger partial charge in [0.15, 0.2) is 0 Å².